The molecule has 1 aliphatic heterocycles. The van der Waals surface area contributed by atoms with Crippen LogP contribution in [0.4, 0.5) is 4.39 Å². The maximum atomic E-state index is 11.8. The monoisotopic (exact) mass is 175 g/mol. The third-order valence-corrected chi connectivity index (χ3v) is 2.52. The summed E-state index contributed by atoms with van der Waals surface area (Å²) in [5.74, 6) is 0. The van der Waals surface area contributed by atoms with Gasteiger partial charge < -0.3 is 10.1 Å². The Morgan fingerprint density at radius 1 is 1.42 bits per heavy atom. The van der Waals surface area contributed by atoms with Crippen LogP contribution >= 0.6 is 0 Å². The van der Waals surface area contributed by atoms with E-state index in [9.17, 15) is 4.39 Å². The van der Waals surface area contributed by atoms with E-state index in [1.165, 1.54) is 0 Å². The van der Waals surface area contributed by atoms with E-state index in [1.54, 1.807) is 0 Å². The molecule has 0 saturated carbocycles. The SMILES string of the molecule is CC1(CNCCF)CCOCC1. The number of halogens is 1. The molecule has 0 aromatic carbocycles. The summed E-state index contributed by atoms with van der Waals surface area (Å²) in [6.45, 7) is 5.08. The summed E-state index contributed by atoms with van der Waals surface area (Å²) in [5.41, 5.74) is 0.327. The van der Waals surface area contributed by atoms with Gasteiger partial charge in [-0.15, -0.1) is 0 Å². The highest BCUT2D eigenvalue weighted by Crippen LogP contribution is 2.28. The predicted octanol–water partition coefficient (Wildman–Crippen LogP) is 1.36. The van der Waals surface area contributed by atoms with Crippen LogP contribution in [0.1, 0.15) is 19.8 Å². The first-order valence-corrected chi connectivity index (χ1v) is 4.61. The molecular formula is C9H18FNO. The summed E-state index contributed by atoms with van der Waals surface area (Å²) in [6.07, 6.45) is 2.18. The Bertz CT molecular complexity index is 124. The van der Waals surface area contributed by atoms with Crippen molar-refractivity contribution in [1.82, 2.24) is 5.32 Å². The first kappa shape index (κ1) is 9.93. The van der Waals surface area contributed by atoms with Gasteiger partial charge in [0.2, 0.25) is 0 Å². The molecule has 1 fully saturated rings. The summed E-state index contributed by atoms with van der Waals surface area (Å²) in [7, 11) is 0. The van der Waals surface area contributed by atoms with E-state index in [2.05, 4.69) is 12.2 Å². The summed E-state index contributed by atoms with van der Waals surface area (Å²) >= 11 is 0. The molecule has 0 amide bonds. The van der Waals surface area contributed by atoms with E-state index in [0.717, 1.165) is 32.6 Å². The van der Waals surface area contributed by atoms with Crippen molar-refractivity contribution < 1.29 is 9.13 Å². The highest BCUT2D eigenvalue weighted by molar-refractivity contribution is 4.79. The van der Waals surface area contributed by atoms with Gasteiger partial charge in [-0.2, -0.15) is 0 Å². The Morgan fingerprint density at radius 2 is 2.08 bits per heavy atom. The zero-order valence-electron chi connectivity index (χ0n) is 7.74. The Morgan fingerprint density at radius 3 is 2.67 bits per heavy atom. The number of ether oxygens (including phenoxy) is 1. The molecule has 1 heterocycles. The van der Waals surface area contributed by atoms with Gasteiger partial charge in [0.25, 0.3) is 0 Å². The van der Waals surface area contributed by atoms with E-state index in [-0.39, 0.29) is 6.67 Å². The van der Waals surface area contributed by atoms with Gasteiger partial charge in [-0.25, -0.2) is 4.39 Å². The van der Waals surface area contributed by atoms with Gasteiger partial charge in [0.05, 0.1) is 0 Å². The molecule has 3 heteroatoms. The molecule has 0 aromatic rings. The minimum absolute atomic E-state index is 0.271. The highest BCUT2D eigenvalue weighted by atomic mass is 19.1. The minimum Gasteiger partial charge on any atom is -0.381 e. The van der Waals surface area contributed by atoms with Crippen LogP contribution < -0.4 is 5.32 Å². The lowest BCUT2D eigenvalue weighted by molar-refractivity contribution is 0.0241. The van der Waals surface area contributed by atoms with Crippen LogP contribution in [0.15, 0.2) is 0 Å². The zero-order valence-corrected chi connectivity index (χ0v) is 7.74. The van der Waals surface area contributed by atoms with Crippen molar-refractivity contribution in [1.29, 1.82) is 0 Å². The van der Waals surface area contributed by atoms with E-state index in [0.29, 0.717) is 12.0 Å². The summed E-state index contributed by atoms with van der Waals surface area (Å²) in [4.78, 5) is 0. The molecule has 0 bridgehead atoms. The molecular weight excluding hydrogens is 157 g/mol. The Labute approximate surface area is 73.5 Å². The van der Waals surface area contributed by atoms with Gasteiger partial charge in [0, 0.05) is 26.3 Å². The Balaban J connectivity index is 2.17. The quantitative estimate of drug-likeness (QED) is 0.651. The van der Waals surface area contributed by atoms with Crippen LogP contribution in [0, 0.1) is 5.41 Å². The molecule has 0 aliphatic carbocycles. The third kappa shape index (κ3) is 3.07. The van der Waals surface area contributed by atoms with E-state index < -0.39 is 0 Å². The van der Waals surface area contributed by atoms with Crippen molar-refractivity contribution in [2.24, 2.45) is 5.41 Å². The Hall–Kier alpha value is -0.150. The molecule has 0 radical (unpaired) electrons. The van der Waals surface area contributed by atoms with Gasteiger partial charge >= 0.3 is 0 Å². The summed E-state index contributed by atoms with van der Waals surface area (Å²) in [5, 5.41) is 3.11. The largest absolute Gasteiger partial charge is 0.381 e. The average molecular weight is 175 g/mol. The lowest BCUT2D eigenvalue weighted by Crippen LogP contribution is -2.37. The fraction of sp³-hybridized carbons (Fsp3) is 1.00. The first-order chi connectivity index (χ1) is 5.77. The van der Waals surface area contributed by atoms with Crippen molar-refractivity contribution in [2.45, 2.75) is 19.8 Å². The van der Waals surface area contributed by atoms with Crippen LogP contribution in [0.5, 0.6) is 0 Å². The summed E-state index contributed by atoms with van der Waals surface area (Å²) < 4.78 is 17.1. The van der Waals surface area contributed by atoms with E-state index in [4.69, 9.17) is 4.74 Å². The van der Waals surface area contributed by atoms with Crippen LogP contribution in [0.2, 0.25) is 0 Å². The van der Waals surface area contributed by atoms with Crippen molar-refractivity contribution in [2.75, 3.05) is 33.0 Å². The normalized spacial score (nSPS) is 22.5. The molecule has 1 aliphatic rings. The maximum absolute atomic E-state index is 11.8. The second-order valence-corrected chi connectivity index (χ2v) is 3.79. The van der Waals surface area contributed by atoms with Crippen LogP contribution in [0.3, 0.4) is 0 Å². The molecule has 12 heavy (non-hydrogen) atoms. The number of rotatable bonds is 4. The van der Waals surface area contributed by atoms with Crippen LogP contribution in [-0.2, 0) is 4.74 Å². The second-order valence-electron chi connectivity index (χ2n) is 3.79. The lowest BCUT2D eigenvalue weighted by Gasteiger charge is -2.33. The predicted molar refractivity (Wildman–Crippen MR) is 47.0 cm³/mol. The highest BCUT2D eigenvalue weighted by Gasteiger charge is 2.26. The maximum Gasteiger partial charge on any atom is 0.102 e. The molecule has 2 nitrogen and oxygen atoms in total. The van der Waals surface area contributed by atoms with Gasteiger partial charge in [-0.3, -0.25) is 0 Å². The van der Waals surface area contributed by atoms with E-state index in [1.807, 2.05) is 0 Å². The molecule has 1 rings (SSSR count). The van der Waals surface area contributed by atoms with Gasteiger partial charge in [-0.05, 0) is 18.3 Å². The fourth-order valence-electron chi connectivity index (χ4n) is 1.50. The van der Waals surface area contributed by atoms with Crippen molar-refractivity contribution in [3.8, 4) is 0 Å². The first-order valence-electron chi connectivity index (χ1n) is 4.61. The number of hydrogen-bond acceptors (Lipinski definition) is 2. The van der Waals surface area contributed by atoms with E-state index >= 15 is 0 Å². The van der Waals surface area contributed by atoms with Crippen molar-refractivity contribution in [3.63, 3.8) is 0 Å². The van der Waals surface area contributed by atoms with Crippen LogP contribution in [0.25, 0.3) is 0 Å². The topological polar surface area (TPSA) is 21.3 Å². The van der Waals surface area contributed by atoms with Gasteiger partial charge in [0.15, 0.2) is 0 Å². The smallest absolute Gasteiger partial charge is 0.102 e. The number of hydrogen-bond donors (Lipinski definition) is 1. The Kier molecular flexibility index (Phi) is 3.95. The minimum atomic E-state index is -0.271. The third-order valence-electron chi connectivity index (χ3n) is 2.52. The lowest BCUT2D eigenvalue weighted by atomic mass is 9.82. The number of alkyl halides is 1. The molecule has 1 N–H and O–H groups in total. The van der Waals surface area contributed by atoms with Gasteiger partial charge in [0.1, 0.15) is 6.67 Å². The second kappa shape index (κ2) is 4.77. The van der Waals surface area contributed by atoms with Crippen molar-refractivity contribution >= 4 is 0 Å². The van der Waals surface area contributed by atoms with Gasteiger partial charge in [-0.1, -0.05) is 6.92 Å². The molecule has 0 spiro atoms. The number of nitrogens with one attached hydrogen (secondary N) is 1. The zero-order chi connectivity index (χ0) is 8.86. The summed E-state index contributed by atoms with van der Waals surface area (Å²) in [6, 6.07) is 0. The van der Waals surface area contributed by atoms with Crippen molar-refractivity contribution in [3.05, 3.63) is 0 Å². The van der Waals surface area contributed by atoms with Crippen LogP contribution in [-0.4, -0.2) is 33.0 Å². The average Bonchev–Trinajstić information content (AvgIpc) is 2.06. The molecule has 0 aromatic heterocycles. The standard InChI is InChI=1S/C9H18FNO/c1-9(8-11-5-4-10)2-6-12-7-3-9/h11H,2-8H2,1H3. The molecule has 1 saturated heterocycles. The molecule has 0 atom stereocenters. The fourth-order valence-corrected chi connectivity index (χ4v) is 1.50. The molecule has 0 unspecified atom stereocenters. The molecule has 72 valence electrons.